The molecule has 0 aromatic heterocycles. The fourth-order valence-electron chi connectivity index (χ4n) is 2.36. The second-order valence-corrected chi connectivity index (χ2v) is 6.02. The molecule has 0 radical (unpaired) electrons. The van der Waals surface area contributed by atoms with Crippen molar-refractivity contribution in [3.8, 4) is 11.5 Å². The summed E-state index contributed by atoms with van der Waals surface area (Å²) in [6.45, 7) is 3.69. The molecule has 1 heterocycles. The van der Waals surface area contributed by atoms with Gasteiger partial charge in [0.15, 0.2) is 17.3 Å². The number of ketones is 1. The number of hydrogen-bond donors (Lipinski definition) is 0. The van der Waals surface area contributed by atoms with Crippen LogP contribution in [0.1, 0.15) is 30.1 Å². The smallest absolute Gasteiger partial charge is 0.161 e. The van der Waals surface area contributed by atoms with E-state index in [2.05, 4.69) is 15.9 Å². The summed E-state index contributed by atoms with van der Waals surface area (Å²) >= 11 is 3.60. The lowest BCUT2D eigenvalue weighted by molar-refractivity contribution is 0.00313. The molecule has 0 bridgehead atoms. The van der Waals surface area contributed by atoms with Crippen molar-refractivity contribution >= 4 is 21.7 Å². The van der Waals surface area contributed by atoms with Crippen molar-refractivity contribution in [2.45, 2.75) is 19.8 Å². The molecule has 0 unspecified atom stereocenters. The number of hydrogen-bond acceptors (Lipinski definition) is 4. The highest BCUT2D eigenvalue weighted by atomic mass is 79.9. The van der Waals surface area contributed by atoms with E-state index >= 15 is 0 Å². The minimum Gasteiger partial charge on any atom is -0.493 e. The van der Waals surface area contributed by atoms with Crippen LogP contribution in [0.3, 0.4) is 0 Å². The highest BCUT2D eigenvalue weighted by molar-refractivity contribution is 9.09. The lowest BCUT2D eigenvalue weighted by Gasteiger charge is -2.35. The van der Waals surface area contributed by atoms with E-state index in [9.17, 15) is 4.79 Å². The van der Waals surface area contributed by atoms with E-state index in [4.69, 9.17) is 14.2 Å². The van der Waals surface area contributed by atoms with Crippen LogP contribution in [0.25, 0.3) is 0 Å². The van der Waals surface area contributed by atoms with Gasteiger partial charge < -0.3 is 14.2 Å². The summed E-state index contributed by atoms with van der Waals surface area (Å²) in [4.78, 5) is 11.4. The third-order valence-corrected chi connectivity index (χ3v) is 5.13. The standard InChI is InChI=1S/C16H21BrO4/c1-12(18)13-3-4-14(15(9-13)19-2)21-11-16(10-17)5-7-20-8-6-16/h3-4,9H,5-8,10-11H2,1-2H3. The van der Waals surface area contributed by atoms with Crippen LogP contribution < -0.4 is 9.47 Å². The van der Waals surface area contributed by atoms with Gasteiger partial charge in [0, 0.05) is 29.5 Å². The molecule has 2 rings (SSSR count). The predicted molar refractivity (Wildman–Crippen MR) is 84.8 cm³/mol. The van der Waals surface area contributed by atoms with Gasteiger partial charge in [-0.25, -0.2) is 0 Å². The fourth-order valence-corrected chi connectivity index (χ4v) is 3.08. The summed E-state index contributed by atoms with van der Waals surface area (Å²) in [5, 5.41) is 0.886. The molecule has 116 valence electrons. The maximum absolute atomic E-state index is 11.4. The zero-order valence-corrected chi connectivity index (χ0v) is 14.1. The molecule has 0 aliphatic carbocycles. The van der Waals surface area contributed by atoms with E-state index in [1.807, 2.05) is 0 Å². The molecule has 5 heteroatoms. The molecule has 21 heavy (non-hydrogen) atoms. The Bertz CT molecular complexity index is 495. The number of rotatable bonds is 6. The Hall–Kier alpha value is -1.07. The van der Waals surface area contributed by atoms with Gasteiger partial charge in [0.1, 0.15) is 0 Å². The van der Waals surface area contributed by atoms with Gasteiger partial charge in [-0.1, -0.05) is 15.9 Å². The Morgan fingerprint density at radius 3 is 2.62 bits per heavy atom. The molecule has 4 nitrogen and oxygen atoms in total. The van der Waals surface area contributed by atoms with E-state index in [1.54, 1.807) is 25.3 Å². The summed E-state index contributed by atoms with van der Waals surface area (Å²) in [6, 6.07) is 5.30. The number of ether oxygens (including phenoxy) is 3. The Morgan fingerprint density at radius 2 is 2.05 bits per heavy atom. The number of Topliss-reactive ketones (excluding diaryl/α,β-unsaturated/α-hetero) is 1. The van der Waals surface area contributed by atoms with Crippen LogP contribution in [-0.2, 0) is 4.74 Å². The Morgan fingerprint density at radius 1 is 1.33 bits per heavy atom. The number of carbonyl (C=O) groups excluding carboxylic acids is 1. The van der Waals surface area contributed by atoms with Gasteiger partial charge in [-0.2, -0.15) is 0 Å². The zero-order valence-electron chi connectivity index (χ0n) is 12.5. The number of alkyl halides is 1. The maximum Gasteiger partial charge on any atom is 0.161 e. The zero-order chi connectivity index (χ0) is 15.3. The summed E-state index contributed by atoms with van der Waals surface area (Å²) in [5.41, 5.74) is 0.725. The van der Waals surface area contributed by atoms with Gasteiger partial charge in [0.25, 0.3) is 0 Å². The Balaban J connectivity index is 2.10. The lowest BCUT2D eigenvalue weighted by Crippen LogP contribution is -2.36. The Kier molecular flexibility index (Phi) is 5.65. The second kappa shape index (κ2) is 7.27. The van der Waals surface area contributed by atoms with Crippen molar-refractivity contribution in [2.24, 2.45) is 5.41 Å². The van der Waals surface area contributed by atoms with E-state index in [0.29, 0.717) is 23.7 Å². The number of methoxy groups -OCH3 is 1. The molecular formula is C16H21BrO4. The van der Waals surface area contributed by atoms with Crippen LogP contribution in [0.2, 0.25) is 0 Å². The highest BCUT2D eigenvalue weighted by Crippen LogP contribution is 2.35. The third-order valence-electron chi connectivity index (χ3n) is 3.94. The van der Waals surface area contributed by atoms with Crippen molar-refractivity contribution in [3.05, 3.63) is 23.8 Å². The molecule has 1 aromatic rings. The molecular weight excluding hydrogens is 336 g/mol. The van der Waals surface area contributed by atoms with Gasteiger partial charge in [-0.05, 0) is 38.0 Å². The molecule has 1 saturated heterocycles. The van der Waals surface area contributed by atoms with Gasteiger partial charge in [0.2, 0.25) is 0 Å². The molecule has 0 N–H and O–H groups in total. The summed E-state index contributed by atoms with van der Waals surface area (Å²) < 4.78 is 16.7. The highest BCUT2D eigenvalue weighted by Gasteiger charge is 2.32. The molecule has 0 saturated carbocycles. The van der Waals surface area contributed by atoms with Crippen LogP contribution in [0.4, 0.5) is 0 Å². The van der Waals surface area contributed by atoms with Crippen molar-refractivity contribution in [2.75, 3.05) is 32.3 Å². The van der Waals surface area contributed by atoms with Crippen molar-refractivity contribution in [3.63, 3.8) is 0 Å². The van der Waals surface area contributed by atoms with E-state index < -0.39 is 0 Å². The van der Waals surface area contributed by atoms with Gasteiger partial charge in [-0.3, -0.25) is 4.79 Å². The molecule has 0 amide bonds. The molecule has 1 aliphatic rings. The molecule has 0 atom stereocenters. The average molecular weight is 357 g/mol. The number of benzene rings is 1. The normalized spacial score (nSPS) is 17.3. The molecule has 1 fully saturated rings. The summed E-state index contributed by atoms with van der Waals surface area (Å²) in [7, 11) is 1.58. The topological polar surface area (TPSA) is 44.8 Å². The maximum atomic E-state index is 11.4. The fraction of sp³-hybridized carbons (Fsp3) is 0.562. The first-order chi connectivity index (χ1) is 10.1. The first-order valence-corrected chi connectivity index (χ1v) is 8.18. The van der Waals surface area contributed by atoms with Crippen LogP contribution >= 0.6 is 15.9 Å². The molecule has 1 aliphatic heterocycles. The van der Waals surface area contributed by atoms with E-state index in [0.717, 1.165) is 31.4 Å². The minimum absolute atomic E-state index is 0.0150. The predicted octanol–water partition coefficient (Wildman–Crippen LogP) is 3.47. The van der Waals surface area contributed by atoms with Gasteiger partial charge in [0.05, 0.1) is 13.7 Å². The number of halogens is 1. The van der Waals surface area contributed by atoms with Crippen LogP contribution in [0.5, 0.6) is 11.5 Å². The Labute approximate surface area is 133 Å². The van der Waals surface area contributed by atoms with E-state index in [-0.39, 0.29) is 11.2 Å². The van der Waals surface area contributed by atoms with Crippen LogP contribution in [-0.4, -0.2) is 38.0 Å². The summed E-state index contributed by atoms with van der Waals surface area (Å²) in [6.07, 6.45) is 1.96. The molecule has 1 aromatic carbocycles. The number of carbonyl (C=O) groups is 1. The van der Waals surface area contributed by atoms with Crippen molar-refractivity contribution in [1.82, 2.24) is 0 Å². The molecule has 0 spiro atoms. The quantitative estimate of drug-likeness (QED) is 0.578. The van der Waals surface area contributed by atoms with E-state index in [1.165, 1.54) is 6.92 Å². The minimum atomic E-state index is 0.0150. The average Bonchev–Trinajstić information content (AvgIpc) is 2.53. The third kappa shape index (κ3) is 3.98. The SMILES string of the molecule is COc1cc(C(C)=O)ccc1OCC1(CBr)CCOCC1. The van der Waals surface area contributed by atoms with Crippen molar-refractivity contribution in [1.29, 1.82) is 0 Å². The van der Waals surface area contributed by atoms with Gasteiger partial charge >= 0.3 is 0 Å². The first kappa shape index (κ1) is 16.3. The lowest BCUT2D eigenvalue weighted by atomic mass is 9.83. The largest absolute Gasteiger partial charge is 0.493 e. The van der Waals surface area contributed by atoms with Crippen LogP contribution in [0, 0.1) is 5.41 Å². The second-order valence-electron chi connectivity index (χ2n) is 5.46. The first-order valence-electron chi connectivity index (χ1n) is 7.06. The van der Waals surface area contributed by atoms with Gasteiger partial charge in [-0.15, -0.1) is 0 Å². The monoisotopic (exact) mass is 356 g/mol. The van der Waals surface area contributed by atoms with Crippen molar-refractivity contribution < 1.29 is 19.0 Å². The summed E-state index contributed by atoms with van der Waals surface area (Å²) in [5.74, 6) is 1.29. The van der Waals surface area contributed by atoms with Crippen LogP contribution in [0.15, 0.2) is 18.2 Å².